The summed E-state index contributed by atoms with van der Waals surface area (Å²) in [5.74, 6) is 2.16. The lowest BCUT2D eigenvalue weighted by molar-refractivity contribution is -0.166. The summed E-state index contributed by atoms with van der Waals surface area (Å²) in [5, 5.41) is 0. The zero-order chi connectivity index (χ0) is 20.7. The van der Waals surface area contributed by atoms with Crippen molar-refractivity contribution >= 4 is 5.97 Å². The first-order valence-corrected chi connectivity index (χ1v) is 11.0. The fraction of sp³-hybridized carbons (Fsp3) is 0.720. The van der Waals surface area contributed by atoms with Crippen LogP contribution < -0.4 is 4.74 Å². The Labute approximate surface area is 171 Å². The molecule has 0 saturated heterocycles. The standard InChI is InChI=1S/C25H38O3/c1-8-16(2)17(3)23(26)28-22-20(15-18-9-11-19(27-7)12-10-18)21-13-14-25(22,6)24(21,4)5/h9-12,16-17,20-22H,8,13-15H2,1-7H3/t16?,17-,20-,21+,22+,25-/m0/s1. The first kappa shape index (κ1) is 21.2. The van der Waals surface area contributed by atoms with Crippen molar-refractivity contribution in [3.63, 3.8) is 0 Å². The Balaban J connectivity index is 1.84. The van der Waals surface area contributed by atoms with Crippen molar-refractivity contribution in [3.8, 4) is 5.75 Å². The highest BCUT2D eigenvalue weighted by Gasteiger charge is 2.67. The molecule has 1 unspecified atom stereocenters. The molecular weight excluding hydrogens is 348 g/mol. The van der Waals surface area contributed by atoms with Gasteiger partial charge in [0.25, 0.3) is 0 Å². The van der Waals surface area contributed by atoms with Gasteiger partial charge in [0, 0.05) is 11.3 Å². The van der Waals surface area contributed by atoms with Crippen molar-refractivity contribution in [2.45, 2.75) is 73.3 Å². The van der Waals surface area contributed by atoms with E-state index in [4.69, 9.17) is 9.47 Å². The van der Waals surface area contributed by atoms with Crippen LogP contribution >= 0.6 is 0 Å². The summed E-state index contributed by atoms with van der Waals surface area (Å²) in [6.07, 6.45) is 4.35. The van der Waals surface area contributed by atoms with Gasteiger partial charge < -0.3 is 9.47 Å². The molecule has 0 aliphatic heterocycles. The summed E-state index contributed by atoms with van der Waals surface area (Å²) in [4.78, 5) is 13.0. The van der Waals surface area contributed by atoms with Crippen molar-refractivity contribution in [1.82, 2.24) is 0 Å². The number of hydrogen-bond acceptors (Lipinski definition) is 3. The number of carbonyl (C=O) groups is 1. The largest absolute Gasteiger partial charge is 0.497 e. The molecule has 2 bridgehead atoms. The number of hydrogen-bond donors (Lipinski definition) is 0. The van der Waals surface area contributed by atoms with Crippen molar-refractivity contribution in [2.24, 2.45) is 34.5 Å². The van der Waals surface area contributed by atoms with E-state index >= 15 is 0 Å². The summed E-state index contributed by atoms with van der Waals surface area (Å²) in [6.45, 7) is 13.4. The van der Waals surface area contributed by atoms with Crippen molar-refractivity contribution in [2.75, 3.05) is 7.11 Å². The van der Waals surface area contributed by atoms with E-state index in [2.05, 4.69) is 46.8 Å². The van der Waals surface area contributed by atoms with Crippen LogP contribution in [0.25, 0.3) is 0 Å². The van der Waals surface area contributed by atoms with Crippen LogP contribution in [-0.4, -0.2) is 19.2 Å². The summed E-state index contributed by atoms with van der Waals surface area (Å²) >= 11 is 0. The molecular formula is C25H38O3. The number of methoxy groups -OCH3 is 1. The number of carbonyl (C=O) groups excluding carboxylic acids is 1. The van der Waals surface area contributed by atoms with Gasteiger partial charge in [-0.15, -0.1) is 0 Å². The molecule has 0 heterocycles. The lowest BCUT2D eigenvalue weighted by Crippen LogP contribution is -2.42. The third kappa shape index (κ3) is 3.35. The molecule has 0 radical (unpaired) electrons. The monoisotopic (exact) mass is 386 g/mol. The van der Waals surface area contributed by atoms with Crippen LogP contribution in [0.15, 0.2) is 24.3 Å². The van der Waals surface area contributed by atoms with E-state index in [1.807, 2.05) is 19.1 Å². The van der Waals surface area contributed by atoms with Crippen molar-refractivity contribution in [1.29, 1.82) is 0 Å². The average molecular weight is 387 g/mol. The molecule has 3 rings (SSSR count). The minimum absolute atomic E-state index is 0.00218. The number of esters is 1. The summed E-state index contributed by atoms with van der Waals surface area (Å²) < 4.78 is 11.6. The number of rotatable bonds is 7. The molecule has 156 valence electrons. The van der Waals surface area contributed by atoms with Crippen LogP contribution in [0.1, 0.15) is 66.4 Å². The second-order valence-corrected chi connectivity index (χ2v) is 10.0. The van der Waals surface area contributed by atoms with Gasteiger partial charge in [-0.05, 0) is 54.2 Å². The van der Waals surface area contributed by atoms with E-state index in [0.717, 1.165) is 25.0 Å². The Morgan fingerprint density at radius 3 is 2.39 bits per heavy atom. The number of ether oxygens (including phenoxy) is 2. The highest BCUT2D eigenvalue weighted by molar-refractivity contribution is 5.72. The molecule has 0 N–H and O–H groups in total. The van der Waals surface area contributed by atoms with Crippen LogP contribution in [0.2, 0.25) is 0 Å². The van der Waals surface area contributed by atoms with Gasteiger partial charge in [0.15, 0.2) is 0 Å². The molecule has 2 aliphatic rings. The quantitative estimate of drug-likeness (QED) is 0.547. The SMILES string of the molecule is CCC(C)[C@H](C)C(=O)O[C@@H]1[C@@H](Cc2ccc(OC)cc2)[C@H]2CC[C@]1(C)C2(C)C. The van der Waals surface area contributed by atoms with Gasteiger partial charge in [-0.2, -0.15) is 0 Å². The van der Waals surface area contributed by atoms with Crippen LogP contribution in [0.3, 0.4) is 0 Å². The predicted octanol–water partition coefficient (Wildman–Crippen LogP) is 5.90. The Morgan fingerprint density at radius 2 is 1.82 bits per heavy atom. The Hall–Kier alpha value is -1.51. The fourth-order valence-electron chi connectivity index (χ4n) is 5.82. The minimum atomic E-state index is -0.0440. The first-order valence-electron chi connectivity index (χ1n) is 11.0. The Bertz CT molecular complexity index is 692. The van der Waals surface area contributed by atoms with E-state index in [0.29, 0.717) is 17.8 Å². The van der Waals surface area contributed by atoms with Crippen molar-refractivity contribution < 1.29 is 14.3 Å². The number of fused-ring (bicyclic) bond motifs is 2. The summed E-state index contributed by atoms with van der Waals surface area (Å²) in [5.41, 5.74) is 1.54. The van der Waals surface area contributed by atoms with Gasteiger partial charge in [0.1, 0.15) is 11.9 Å². The third-order valence-electron chi connectivity index (χ3n) is 8.65. The van der Waals surface area contributed by atoms with E-state index in [-0.39, 0.29) is 28.8 Å². The molecule has 28 heavy (non-hydrogen) atoms. The molecule has 1 aromatic carbocycles. The molecule has 0 amide bonds. The van der Waals surface area contributed by atoms with Crippen LogP contribution in [0.5, 0.6) is 5.75 Å². The molecule has 2 saturated carbocycles. The zero-order valence-corrected chi connectivity index (χ0v) is 18.7. The van der Waals surface area contributed by atoms with E-state index in [9.17, 15) is 4.79 Å². The van der Waals surface area contributed by atoms with Crippen LogP contribution in [0.4, 0.5) is 0 Å². The second-order valence-electron chi connectivity index (χ2n) is 10.0. The average Bonchev–Trinajstić information content (AvgIpc) is 3.00. The van der Waals surface area contributed by atoms with Gasteiger partial charge in [0.2, 0.25) is 0 Å². The molecule has 3 heteroatoms. The van der Waals surface area contributed by atoms with Crippen LogP contribution in [-0.2, 0) is 16.0 Å². The van der Waals surface area contributed by atoms with Gasteiger partial charge >= 0.3 is 5.97 Å². The van der Waals surface area contributed by atoms with Crippen LogP contribution in [0, 0.1) is 34.5 Å². The van der Waals surface area contributed by atoms with E-state index in [1.54, 1.807) is 7.11 Å². The zero-order valence-electron chi connectivity index (χ0n) is 18.7. The van der Waals surface area contributed by atoms with Gasteiger partial charge in [-0.25, -0.2) is 0 Å². The second kappa shape index (κ2) is 7.72. The summed E-state index contributed by atoms with van der Waals surface area (Å²) in [6, 6.07) is 8.37. The topological polar surface area (TPSA) is 35.5 Å². The maximum Gasteiger partial charge on any atom is 0.309 e. The molecule has 2 fully saturated rings. The summed E-state index contributed by atoms with van der Waals surface area (Å²) in [7, 11) is 1.70. The normalized spacial score (nSPS) is 32.8. The van der Waals surface area contributed by atoms with E-state index < -0.39 is 0 Å². The van der Waals surface area contributed by atoms with Crippen molar-refractivity contribution in [3.05, 3.63) is 29.8 Å². The fourth-order valence-corrected chi connectivity index (χ4v) is 5.82. The minimum Gasteiger partial charge on any atom is -0.497 e. The highest BCUT2D eigenvalue weighted by atomic mass is 16.5. The Kier molecular flexibility index (Phi) is 5.85. The Morgan fingerprint density at radius 1 is 1.18 bits per heavy atom. The highest BCUT2D eigenvalue weighted by Crippen LogP contribution is 2.69. The third-order valence-corrected chi connectivity index (χ3v) is 8.65. The maximum atomic E-state index is 13.0. The lowest BCUT2D eigenvalue weighted by Gasteiger charge is -2.40. The number of benzene rings is 1. The van der Waals surface area contributed by atoms with E-state index in [1.165, 1.54) is 12.0 Å². The molecule has 6 atom stereocenters. The maximum absolute atomic E-state index is 13.0. The van der Waals surface area contributed by atoms with Gasteiger partial charge in [-0.1, -0.05) is 60.1 Å². The van der Waals surface area contributed by atoms with Gasteiger partial charge in [-0.3, -0.25) is 4.79 Å². The predicted molar refractivity (Wildman–Crippen MR) is 113 cm³/mol. The first-order chi connectivity index (χ1) is 13.2. The molecule has 0 spiro atoms. The smallest absolute Gasteiger partial charge is 0.309 e. The lowest BCUT2D eigenvalue weighted by atomic mass is 9.70. The molecule has 0 aromatic heterocycles. The molecule has 3 nitrogen and oxygen atoms in total. The molecule has 2 aliphatic carbocycles. The van der Waals surface area contributed by atoms with Gasteiger partial charge in [0.05, 0.1) is 13.0 Å². The molecule has 1 aromatic rings.